The fourth-order valence-corrected chi connectivity index (χ4v) is 2.52. The number of anilines is 1. The maximum atomic E-state index is 13.2. The van der Waals surface area contributed by atoms with Gasteiger partial charge in [-0.15, -0.1) is 0 Å². The Morgan fingerprint density at radius 1 is 1.04 bits per heavy atom. The standard InChI is InChI=1S/C20H23FN2O2/c1-12(2)18(23-19(24)15-7-5-6-13(3)10-15)20(25)22-17-9-8-16(21)11-14(17)4/h5-12,18H,1-4H3,(H,22,25)(H,23,24). The summed E-state index contributed by atoms with van der Waals surface area (Å²) in [5, 5.41) is 5.55. The van der Waals surface area contributed by atoms with Gasteiger partial charge in [0, 0.05) is 11.3 Å². The predicted octanol–water partition coefficient (Wildman–Crippen LogP) is 3.84. The van der Waals surface area contributed by atoms with Gasteiger partial charge >= 0.3 is 0 Å². The third kappa shape index (κ3) is 4.89. The number of halogens is 1. The van der Waals surface area contributed by atoms with Gasteiger partial charge in [0.25, 0.3) is 5.91 Å². The molecule has 4 nitrogen and oxygen atoms in total. The molecule has 2 N–H and O–H groups in total. The second-order valence-electron chi connectivity index (χ2n) is 6.51. The van der Waals surface area contributed by atoms with Gasteiger partial charge in [0.2, 0.25) is 5.91 Å². The van der Waals surface area contributed by atoms with Crippen LogP contribution in [0.15, 0.2) is 42.5 Å². The van der Waals surface area contributed by atoms with E-state index in [2.05, 4.69) is 10.6 Å². The van der Waals surface area contributed by atoms with Gasteiger partial charge in [0.15, 0.2) is 0 Å². The monoisotopic (exact) mass is 342 g/mol. The summed E-state index contributed by atoms with van der Waals surface area (Å²) in [5.74, 6) is -1.09. The van der Waals surface area contributed by atoms with Crippen molar-refractivity contribution in [1.29, 1.82) is 0 Å². The van der Waals surface area contributed by atoms with Crippen LogP contribution in [0.3, 0.4) is 0 Å². The molecule has 25 heavy (non-hydrogen) atoms. The summed E-state index contributed by atoms with van der Waals surface area (Å²) in [6.45, 7) is 7.34. The molecule has 0 saturated heterocycles. The Labute approximate surface area is 147 Å². The molecule has 0 aliphatic heterocycles. The van der Waals surface area contributed by atoms with Crippen LogP contribution in [-0.4, -0.2) is 17.9 Å². The van der Waals surface area contributed by atoms with Gasteiger partial charge in [-0.3, -0.25) is 9.59 Å². The summed E-state index contributed by atoms with van der Waals surface area (Å²) in [4.78, 5) is 25.0. The number of carbonyl (C=O) groups is 2. The zero-order valence-electron chi connectivity index (χ0n) is 14.9. The number of hydrogen-bond donors (Lipinski definition) is 2. The van der Waals surface area contributed by atoms with Crippen LogP contribution < -0.4 is 10.6 Å². The van der Waals surface area contributed by atoms with Crippen LogP contribution in [0.4, 0.5) is 10.1 Å². The van der Waals surface area contributed by atoms with Crippen LogP contribution in [0, 0.1) is 25.6 Å². The quantitative estimate of drug-likeness (QED) is 0.867. The summed E-state index contributed by atoms with van der Waals surface area (Å²) in [6.07, 6.45) is 0. The molecule has 0 heterocycles. The van der Waals surface area contributed by atoms with Crippen molar-refractivity contribution in [2.24, 2.45) is 5.92 Å². The van der Waals surface area contributed by atoms with Crippen LogP contribution in [0.2, 0.25) is 0 Å². The molecular formula is C20H23FN2O2. The van der Waals surface area contributed by atoms with E-state index >= 15 is 0 Å². The molecule has 0 aliphatic rings. The molecule has 0 saturated carbocycles. The van der Waals surface area contributed by atoms with Crippen molar-refractivity contribution in [1.82, 2.24) is 5.32 Å². The lowest BCUT2D eigenvalue weighted by molar-refractivity contribution is -0.118. The molecule has 0 radical (unpaired) electrons. The molecule has 0 aromatic heterocycles. The SMILES string of the molecule is Cc1cccc(C(=O)NC(C(=O)Nc2ccc(F)cc2C)C(C)C)c1. The van der Waals surface area contributed by atoms with Crippen molar-refractivity contribution in [3.63, 3.8) is 0 Å². The fourth-order valence-electron chi connectivity index (χ4n) is 2.52. The zero-order valence-corrected chi connectivity index (χ0v) is 14.9. The Bertz CT molecular complexity index is 787. The lowest BCUT2D eigenvalue weighted by Crippen LogP contribution is -2.47. The second kappa shape index (κ2) is 7.92. The molecule has 1 unspecified atom stereocenters. The molecule has 1 atom stereocenters. The first-order valence-corrected chi connectivity index (χ1v) is 8.22. The second-order valence-corrected chi connectivity index (χ2v) is 6.51. The number of nitrogens with one attached hydrogen (secondary N) is 2. The first-order chi connectivity index (χ1) is 11.8. The molecule has 2 aromatic carbocycles. The largest absolute Gasteiger partial charge is 0.340 e. The number of benzene rings is 2. The van der Waals surface area contributed by atoms with Crippen molar-refractivity contribution in [3.8, 4) is 0 Å². The minimum absolute atomic E-state index is 0.102. The van der Waals surface area contributed by atoms with Gasteiger partial charge in [-0.25, -0.2) is 4.39 Å². The third-order valence-electron chi connectivity index (χ3n) is 3.96. The van der Waals surface area contributed by atoms with Crippen molar-refractivity contribution >= 4 is 17.5 Å². The highest BCUT2D eigenvalue weighted by Crippen LogP contribution is 2.17. The molecule has 5 heteroatoms. The number of amides is 2. The Morgan fingerprint density at radius 3 is 2.36 bits per heavy atom. The summed E-state index contributed by atoms with van der Waals surface area (Å²) in [7, 11) is 0. The van der Waals surface area contributed by atoms with E-state index in [0.29, 0.717) is 16.8 Å². The van der Waals surface area contributed by atoms with Crippen molar-refractivity contribution in [2.75, 3.05) is 5.32 Å². The summed E-state index contributed by atoms with van der Waals surface area (Å²) in [6, 6.07) is 10.7. The highest BCUT2D eigenvalue weighted by molar-refractivity contribution is 6.01. The fraction of sp³-hybridized carbons (Fsp3) is 0.300. The van der Waals surface area contributed by atoms with Crippen molar-refractivity contribution in [3.05, 3.63) is 65.0 Å². The van der Waals surface area contributed by atoms with E-state index in [9.17, 15) is 14.0 Å². The minimum atomic E-state index is -0.697. The van der Waals surface area contributed by atoms with Crippen LogP contribution in [0.25, 0.3) is 0 Å². The van der Waals surface area contributed by atoms with Crippen LogP contribution in [0.5, 0.6) is 0 Å². The van der Waals surface area contributed by atoms with Gasteiger partial charge < -0.3 is 10.6 Å². The first-order valence-electron chi connectivity index (χ1n) is 8.22. The van der Waals surface area contributed by atoms with E-state index in [1.54, 1.807) is 25.1 Å². The van der Waals surface area contributed by atoms with Crippen LogP contribution in [0.1, 0.15) is 35.3 Å². The molecule has 2 aromatic rings. The van der Waals surface area contributed by atoms with Crippen molar-refractivity contribution in [2.45, 2.75) is 33.7 Å². The van der Waals surface area contributed by atoms with Crippen molar-refractivity contribution < 1.29 is 14.0 Å². The Morgan fingerprint density at radius 2 is 1.76 bits per heavy atom. The number of rotatable bonds is 5. The molecule has 2 amide bonds. The number of hydrogen-bond acceptors (Lipinski definition) is 2. The number of aryl methyl sites for hydroxylation is 2. The summed E-state index contributed by atoms with van der Waals surface area (Å²) >= 11 is 0. The first kappa shape index (κ1) is 18.6. The van der Waals surface area contributed by atoms with Gasteiger partial charge in [-0.1, -0.05) is 31.5 Å². The minimum Gasteiger partial charge on any atom is -0.340 e. The highest BCUT2D eigenvalue weighted by Gasteiger charge is 2.25. The lowest BCUT2D eigenvalue weighted by Gasteiger charge is -2.22. The normalized spacial score (nSPS) is 11.9. The average Bonchev–Trinajstić information content (AvgIpc) is 2.54. The molecule has 0 fully saturated rings. The maximum Gasteiger partial charge on any atom is 0.251 e. The van der Waals surface area contributed by atoms with E-state index in [4.69, 9.17) is 0 Å². The topological polar surface area (TPSA) is 58.2 Å². The van der Waals surface area contributed by atoms with E-state index in [0.717, 1.165) is 5.56 Å². The Balaban J connectivity index is 2.14. The van der Waals surface area contributed by atoms with Gasteiger partial charge in [-0.05, 0) is 55.7 Å². The van der Waals surface area contributed by atoms with E-state index < -0.39 is 6.04 Å². The zero-order chi connectivity index (χ0) is 18.6. The lowest BCUT2D eigenvalue weighted by atomic mass is 10.0. The van der Waals surface area contributed by atoms with Crippen LogP contribution in [-0.2, 0) is 4.79 Å². The van der Waals surface area contributed by atoms with E-state index in [-0.39, 0.29) is 23.5 Å². The maximum absolute atomic E-state index is 13.2. The van der Waals surface area contributed by atoms with E-state index in [1.165, 1.54) is 18.2 Å². The molecule has 0 spiro atoms. The smallest absolute Gasteiger partial charge is 0.251 e. The van der Waals surface area contributed by atoms with Gasteiger partial charge in [0.05, 0.1) is 0 Å². The molecule has 0 bridgehead atoms. The summed E-state index contributed by atoms with van der Waals surface area (Å²) < 4.78 is 13.2. The van der Waals surface area contributed by atoms with Gasteiger partial charge in [-0.2, -0.15) is 0 Å². The summed E-state index contributed by atoms with van der Waals surface area (Å²) in [5.41, 5.74) is 2.64. The third-order valence-corrected chi connectivity index (χ3v) is 3.96. The van der Waals surface area contributed by atoms with E-state index in [1.807, 2.05) is 26.8 Å². The Hall–Kier alpha value is -2.69. The number of carbonyl (C=O) groups excluding carboxylic acids is 2. The molecule has 132 valence electrons. The molecule has 0 aliphatic carbocycles. The van der Waals surface area contributed by atoms with Gasteiger partial charge in [0.1, 0.15) is 11.9 Å². The molecule has 2 rings (SSSR count). The van der Waals surface area contributed by atoms with Crippen LogP contribution >= 0.6 is 0 Å². The highest BCUT2D eigenvalue weighted by atomic mass is 19.1. The Kier molecular flexibility index (Phi) is 5.91. The average molecular weight is 342 g/mol. The molecular weight excluding hydrogens is 319 g/mol. The predicted molar refractivity (Wildman–Crippen MR) is 97.0 cm³/mol.